The van der Waals surface area contributed by atoms with Gasteiger partial charge in [-0.15, -0.1) is 45.3 Å². The van der Waals surface area contributed by atoms with E-state index in [2.05, 4.69) is 0 Å². The minimum atomic E-state index is -5.83. The van der Waals surface area contributed by atoms with Crippen molar-refractivity contribution in [2.24, 2.45) is 0 Å². The number of hydrogen-bond acceptors (Lipinski definition) is 9. The van der Waals surface area contributed by atoms with Crippen LogP contribution in [-0.4, -0.2) is 48.0 Å². The highest BCUT2D eigenvalue weighted by molar-refractivity contribution is 7.24. The second kappa shape index (κ2) is 19.2. The Balaban J connectivity index is 1.42. The van der Waals surface area contributed by atoms with E-state index in [-0.39, 0.29) is 46.6 Å². The fraction of sp³-hybridized carbons (Fsp3) is 0.373. The molecule has 0 spiro atoms. The van der Waals surface area contributed by atoms with E-state index < -0.39 is 52.0 Å². The number of carboxylic acid groups (broad SMARTS) is 2. The molecule has 0 radical (unpaired) electrons. The van der Waals surface area contributed by atoms with E-state index in [0.29, 0.717) is 67.8 Å². The number of unbranched alkanes of at least 4 members (excludes halogenated alkanes) is 2. The molecule has 356 valence electrons. The van der Waals surface area contributed by atoms with Gasteiger partial charge in [0, 0.05) is 73.7 Å². The fourth-order valence-corrected chi connectivity index (χ4v) is 12.2. The summed E-state index contributed by atoms with van der Waals surface area (Å²) in [6.45, 7) is 12.5. The van der Waals surface area contributed by atoms with Crippen LogP contribution < -0.4 is 14.6 Å². The molecule has 0 bridgehead atoms. The number of halogens is 6. The van der Waals surface area contributed by atoms with E-state index in [1.165, 1.54) is 34.8 Å². The van der Waals surface area contributed by atoms with Crippen molar-refractivity contribution >= 4 is 68.4 Å². The van der Waals surface area contributed by atoms with Crippen LogP contribution >= 0.6 is 45.3 Å². The van der Waals surface area contributed by atoms with E-state index in [1.807, 2.05) is 65.8 Å². The number of allylic oxidation sites excluding steroid dienone is 2. The van der Waals surface area contributed by atoms with Crippen LogP contribution in [0.1, 0.15) is 101 Å². The van der Waals surface area contributed by atoms with Crippen molar-refractivity contribution < 1.29 is 55.6 Å². The number of aliphatic carboxylic acids is 2. The van der Waals surface area contributed by atoms with Crippen molar-refractivity contribution in [3.63, 3.8) is 0 Å². The second-order valence-corrected chi connectivity index (χ2v) is 22.7. The topological polar surface area (TPSA) is 95.9 Å². The maximum atomic E-state index is 17.0. The highest BCUT2D eigenvalue weighted by Gasteiger charge is 2.80. The first kappa shape index (κ1) is 50.0. The normalized spacial score (nSPS) is 15.6. The Morgan fingerprint density at radius 1 is 0.552 bits per heavy atom. The first-order valence-corrected chi connectivity index (χ1v) is 24.9. The molecular weight excluding hydrogens is 951 g/mol. The van der Waals surface area contributed by atoms with Crippen LogP contribution in [0.15, 0.2) is 84.9 Å². The molecule has 1 aliphatic carbocycles. The third-order valence-corrected chi connectivity index (χ3v) is 17.0. The second-order valence-electron chi connectivity index (χ2n) is 18.4. The molecule has 1 aliphatic rings. The number of benzene rings is 2. The van der Waals surface area contributed by atoms with E-state index in [9.17, 15) is 14.7 Å². The van der Waals surface area contributed by atoms with Gasteiger partial charge in [0.25, 0.3) is 0 Å². The molecule has 4 aromatic heterocycles. The zero-order valence-electron chi connectivity index (χ0n) is 37.6. The van der Waals surface area contributed by atoms with Crippen molar-refractivity contribution in [1.29, 1.82) is 0 Å². The van der Waals surface area contributed by atoms with Gasteiger partial charge in [0.15, 0.2) is 0 Å². The number of alkyl halides is 6. The summed E-state index contributed by atoms with van der Waals surface area (Å²) in [7, 11) is 0. The molecule has 0 atom stereocenters. The number of carbonyl (C=O) groups is 2. The average Bonchev–Trinajstić information content (AvgIpc) is 4.09. The summed E-state index contributed by atoms with van der Waals surface area (Å²) in [4.78, 5) is 26.0. The minimum absolute atomic E-state index is 0.0211. The summed E-state index contributed by atoms with van der Waals surface area (Å²) >= 11 is 4.88. The third kappa shape index (κ3) is 10.4. The molecule has 6 aromatic rings. The Labute approximate surface area is 401 Å². The maximum absolute atomic E-state index is 17.0. The van der Waals surface area contributed by atoms with Crippen LogP contribution in [-0.2, 0) is 20.4 Å². The quantitative estimate of drug-likeness (QED) is 0.0681. The molecule has 7 rings (SSSR count). The van der Waals surface area contributed by atoms with Gasteiger partial charge in [-0.3, -0.25) is 4.79 Å². The van der Waals surface area contributed by atoms with Gasteiger partial charge in [-0.25, -0.2) is 0 Å². The molecule has 0 saturated carbocycles. The number of thiophene rings is 4. The molecule has 6 nitrogen and oxygen atoms in total. The summed E-state index contributed by atoms with van der Waals surface area (Å²) in [5.41, 5.74) is -3.76. The summed E-state index contributed by atoms with van der Waals surface area (Å²) in [6.07, 6.45) is 1.45. The average molecular weight is 1000 g/mol. The van der Waals surface area contributed by atoms with Gasteiger partial charge < -0.3 is 24.5 Å². The van der Waals surface area contributed by atoms with Gasteiger partial charge in [0.1, 0.15) is 11.5 Å². The summed E-state index contributed by atoms with van der Waals surface area (Å²) < 4.78 is 112. The molecule has 0 unspecified atom stereocenters. The van der Waals surface area contributed by atoms with Gasteiger partial charge in [-0.1, -0.05) is 41.5 Å². The van der Waals surface area contributed by atoms with Crippen molar-refractivity contribution in [3.05, 3.63) is 106 Å². The van der Waals surface area contributed by atoms with Crippen LogP contribution in [0.3, 0.4) is 0 Å². The molecular formula is C51H49F6O6S4-. The van der Waals surface area contributed by atoms with Gasteiger partial charge in [0.2, 0.25) is 0 Å². The molecule has 16 heteroatoms. The van der Waals surface area contributed by atoms with Crippen molar-refractivity contribution in [2.75, 3.05) is 13.2 Å². The summed E-state index contributed by atoms with van der Waals surface area (Å²) in [6, 6.07) is 22.6. The lowest BCUT2D eigenvalue weighted by molar-refractivity contribution is -0.305. The number of carboxylic acids is 2. The number of ether oxygens (including phenoxy) is 2. The Bertz CT molecular complexity index is 2580. The molecule has 2 aromatic carbocycles. The van der Waals surface area contributed by atoms with Crippen molar-refractivity contribution in [1.82, 2.24) is 0 Å². The Kier molecular flexibility index (Phi) is 14.4. The maximum Gasteiger partial charge on any atom is 0.380 e. The predicted molar refractivity (Wildman–Crippen MR) is 257 cm³/mol. The lowest BCUT2D eigenvalue weighted by Gasteiger charge is -2.26. The van der Waals surface area contributed by atoms with Crippen LogP contribution in [0, 0.1) is 0 Å². The van der Waals surface area contributed by atoms with Gasteiger partial charge >= 0.3 is 23.7 Å². The van der Waals surface area contributed by atoms with E-state index in [0.717, 1.165) is 32.4 Å². The van der Waals surface area contributed by atoms with E-state index >= 15 is 26.3 Å². The van der Waals surface area contributed by atoms with E-state index in [1.54, 1.807) is 48.5 Å². The van der Waals surface area contributed by atoms with Crippen molar-refractivity contribution in [3.8, 4) is 51.9 Å². The van der Waals surface area contributed by atoms with Gasteiger partial charge in [0.05, 0.1) is 13.2 Å². The summed E-state index contributed by atoms with van der Waals surface area (Å²) in [5.74, 6) is -17.9. The molecule has 0 saturated heterocycles. The molecule has 67 heavy (non-hydrogen) atoms. The lowest BCUT2D eigenvalue weighted by Crippen LogP contribution is -2.48. The van der Waals surface area contributed by atoms with Crippen molar-refractivity contribution in [2.45, 2.75) is 109 Å². The Morgan fingerprint density at radius 2 is 0.940 bits per heavy atom. The smallest absolute Gasteiger partial charge is 0.380 e. The van der Waals surface area contributed by atoms with Gasteiger partial charge in [-0.2, -0.15) is 26.3 Å². The van der Waals surface area contributed by atoms with Crippen LogP contribution in [0.2, 0.25) is 0 Å². The van der Waals surface area contributed by atoms with Crippen LogP contribution in [0.4, 0.5) is 26.3 Å². The predicted octanol–water partition coefficient (Wildman–Crippen LogP) is 15.0. The zero-order chi connectivity index (χ0) is 48.7. The van der Waals surface area contributed by atoms with Gasteiger partial charge in [-0.05, 0) is 139 Å². The number of hydrogen-bond donors (Lipinski definition) is 1. The molecule has 1 N–H and O–H groups in total. The van der Waals surface area contributed by atoms with Crippen LogP contribution in [0.5, 0.6) is 11.5 Å². The molecule has 0 fully saturated rings. The third-order valence-electron chi connectivity index (χ3n) is 11.2. The highest BCUT2D eigenvalue weighted by atomic mass is 32.1. The van der Waals surface area contributed by atoms with Crippen LogP contribution in [0.25, 0.3) is 51.5 Å². The fourth-order valence-electron chi connectivity index (χ4n) is 7.54. The highest BCUT2D eigenvalue weighted by Crippen LogP contribution is 2.67. The zero-order valence-corrected chi connectivity index (χ0v) is 40.9. The molecule has 0 aliphatic heterocycles. The number of carbonyl (C=O) groups excluding carboxylic acids is 1. The first-order chi connectivity index (χ1) is 31.4. The van der Waals surface area contributed by atoms with E-state index in [4.69, 9.17) is 14.6 Å². The standard InChI is InChI=1S/C51H50F6O6S4/c1-47(2,3)39-23-21-35(64-39)37-27-33(45(66-37)29-13-17-31(18-14-29)62-25-9-7-11-41(58)59)43-44(50(54,55)51(56,57)49(43,52)53)34-28-38(36-22-24-40(65-36)48(4,5)6)67-46(34)30-15-19-32(20-16-30)63-26-10-8-12-42(60)61/h13-24,27-28H,7-12,25-26H2,1-6H3,(H,58,59)(H,60,61)/p-1. The lowest BCUT2D eigenvalue weighted by atomic mass is 9.92. The first-order valence-electron chi connectivity index (χ1n) is 21.7. The monoisotopic (exact) mass is 999 g/mol. The Morgan fingerprint density at radius 3 is 1.28 bits per heavy atom. The summed E-state index contributed by atoms with van der Waals surface area (Å²) in [5, 5.41) is 19.8. The molecule has 0 amide bonds. The Hall–Kier alpha value is -4.90. The largest absolute Gasteiger partial charge is 0.550 e. The minimum Gasteiger partial charge on any atom is -0.550 e. The number of rotatable bonds is 18. The molecule has 4 heterocycles. The SMILES string of the molecule is CC(C)(C)c1ccc(-c2cc(C3=C(c4cc(-c5ccc(C(C)(C)C)s5)sc4-c4ccc(OCCCCC(=O)O)cc4)C(F)(F)C(F)(F)C3(F)F)c(-c3ccc(OCCCCC(=O)[O-])cc3)s2)s1.